The molecule has 0 unspecified atom stereocenters. The minimum absolute atomic E-state index is 0.0622. The van der Waals surface area contributed by atoms with Crippen molar-refractivity contribution in [3.63, 3.8) is 0 Å². The van der Waals surface area contributed by atoms with Crippen molar-refractivity contribution in [3.05, 3.63) is 57.6 Å². The van der Waals surface area contributed by atoms with E-state index >= 15 is 0 Å². The summed E-state index contributed by atoms with van der Waals surface area (Å²) in [5.41, 5.74) is 5.51. The summed E-state index contributed by atoms with van der Waals surface area (Å²) in [4.78, 5) is 0. The highest BCUT2D eigenvalue weighted by Gasteiger charge is 2.37. The van der Waals surface area contributed by atoms with Gasteiger partial charge in [0, 0.05) is 41.4 Å². The third kappa shape index (κ3) is 4.59. The zero-order valence-corrected chi connectivity index (χ0v) is 21.2. The molecule has 4 rings (SSSR count). The molecule has 0 bridgehead atoms. The summed E-state index contributed by atoms with van der Waals surface area (Å²) in [6.07, 6.45) is 9.95. The maximum absolute atomic E-state index is 11.5. The molecule has 4 heteroatoms. The lowest BCUT2D eigenvalue weighted by atomic mass is 9.75. The van der Waals surface area contributed by atoms with E-state index in [2.05, 4.69) is 32.9 Å². The Morgan fingerprint density at radius 1 is 0.676 bits per heavy atom. The van der Waals surface area contributed by atoms with Crippen LogP contribution in [0.1, 0.15) is 111 Å². The highest BCUT2D eigenvalue weighted by Crippen LogP contribution is 2.50. The number of rotatable bonds is 8. The van der Waals surface area contributed by atoms with E-state index in [9.17, 15) is 20.4 Å². The largest absolute Gasteiger partial charge is 0.507 e. The number of hydrogen-bond donors (Lipinski definition) is 4. The van der Waals surface area contributed by atoms with Crippen LogP contribution in [0.2, 0.25) is 0 Å². The number of phenols is 2. The van der Waals surface area contributed by atoms with Crippen molar-refractivity contribution in [1.82, 2.24) is 0 Å². The summed E-state index contributed by atoms with van der Waals surface area (Å²) in [5.74, 6) is 0.447. The highest BCUT2D eigenvalue weighted by atomic mass is 16.3. The summed E-state index contributed by atoms with van der Waals surface area (Å²) in [7, 11) is 0. The molecule has 2 aliphatic rings. The smallest absolute Gasteiger partial charge is 0.123 e. The lowest BCUT2D eigenvalue weighted by Gasteiger charge is -2.30. The van der Waals surface area contributed by atoms with Gasteiger partial charge in [0.15, 0.2) is 0 Å². The minimum Gasteiger partial charge on any atom is -0.507 e. The predicted molar refractivity (Wildman–Crippen MR) is 137 cm³/mol. The van der Waals surface area contributed by atoms with Crippen LogP contribution < -0.4 is 0 Å². The Morgan fingerprint density at radius 2 is 1.03 bits per heavy atom. The van der Waals surface area contributed by atoms with E-state index < -0.39 is 0 Å². The van der Waals surface area contributed by atoms with E-state index in [1.54, 1.807) is 0 Å². The molecule has 34 heavy (non-hydrogen) atoms. The molecule has 4 N–H and O–H groups in total. The number of phenolic OH excluding ortho intramolecular Hbond substituents is 2. The fourth-order valence-electron chi connectivity index (χ4n) is 6.58. The van der Waals surface area contributed by atoms with Crippen molar-refractivity contribution in [2.75, 3.05) is 13.2 Å². The van der Waals surface area contributed by atoms with Gasteiger partial charge in [0.1, 0.15) is 11.5 Å². The monoisotopic (exact) mass is 466 g/mol. The van der Waals surface area contributed by atoms with Gasteiger partial charge in [-0.1, -0.05) is 70.7 Å². The van der Waals surface area contributed by atoms with Gasteiger partial charge < -0.3 is 20.4 Å². The lowest BCUT2D eigenvalue weighted by Crippen LogP contribution is -2.19. The zero-order valence-electron chi connectivity index (χ0n) is 21.2. The number of benzene rings is 2. The summed E-state index contributed by atoms with van der Waals surface area (Å²) < 4.78 is 0. The molecule has 0 heterocycles. The molecule has 0 radical (unpaired) electrons. The van der Waals surface area contributed by atoms with E-state index in [0.29, 0.717) is 24.3 Å². The maximum Gasteiger partial charge on any atom is 0.123 e. The van der Waals surface area contributed by atoms with Crippen LogP contribution in [0.5, 0.6) is 11.5 Å². The Balaban J connectivity index is 1.86. The Labute approximate surface area is 204 Å². The van der Waals surface area contributed by atoms with E-state index in [-0.39, 0.29) is 30.0 Å². The predicted octanol–water partition coefficient (Wildman–Crippen LogP) is 5.98. The standard InChI is InChI=1S/C30H42O4/c1-20(23-16-21(8-14-31)18-25(27(23)33)29(2)10-4-5-11-29)24-17-22(9-15-32)19-26(28(24)34)30(3)12-6-7-13-30/h16-20,31-34H,4-15H2,1-3H3. The van der Waals surface area contributed by atoms with Crippen LogP contribution in [0.4, 0.5) is 0 Å². The van der Waals surface area contributed by atoms with E-state index in [1.807, 2.05) is 12.1 Å². The molecule has 186 valence electrons. The van der Waals surface area contributed by atoms with Gasteiger partial charge in [-0.05, 0) is 60.5 Å². The average molecular weight is 467 g/mol. The first-order valence-electron chi connectivity index (χ1n) is 13.2. The van der Waals surface area contributed by atoms with Crippen molar-refractivity contribution >= 4 is 0 Å². The topological polar surface area (TPSA) is 80.9 Å². The quantitative estimate of drug-likeness (QED) is 0.386. The van der Waals surface area contributed by atoms with Gasteiger partial charge in [-0.15, -0.1) is 0 Å². The van der Waals surface area contributed by atoms with Crippen LogP contribution in [0, 0.1) is 0 Å². The van der Waals surface area contributed by atoms with Crippen LogP contribution in [0.25, 0.3) is 0 Å². The Morgan fingerprint density at radius 3 is 1.35 bits per heavy atom. The molecule has 0 aromatic heterocycles. The fraction of sp³-hybridized carbons (Fsp3) is 0.600. The zero-order chi connectivity index (χ0) is 24.5. The van der Waals surface area contributed by atoms with E-state index in [0.717, 1.165) is 84.7 Å². The van der Waals surface area contributed by atoms with Crippen LogP contribution in [-0.2, 0) is 23.7 Å². The van der Waals surface area contributed by atoms with E-state index in [1.165, 1.54) is 0 Å². The number of aliphatic hydroxyl groups excluding tert-OH is 2. The Bertz CT molecular complexity index is 931. The van der Waals surface area contributed by atoms with Crippen molar-refractivity contribution in [2.45, 2.75) is 102 Å². The summed E-state index contributed by atoms with van der Waals surface area (Å²) in [5, 5.41) is 42.4. The second-order valence-electron chi connectivity index (χ2n) is 11.4. The van der Waals surface area contributed by atoms with E-state index in [4.69, 9.17) is 0 Å². The first-order valence-corrected chi connectivity index (χ1v) is 13.2. The molecule has 2 aromatic carbocycles. The lowest BCUT2D eigenvalue weighted by molar-refractivity contribution is 0.299. The molecular weight excluding hydrogens is 424 g/mol. The number of aromatic hydroxyl groups is 2. The number of hydrogen-bond acceptors (Lipinski definition) is 4. The summed E-state index contributed by atoms with van der Waals surface area (Å²) in [6.45, 7) is 6.66. The van der Waals surface area contributed by atoms with Crippen molar-refractivity contribution < 1.29 is 20.4 Å². The summed E-state index contributed by atoms with van der Waals surface area (Å²) >= 11 is 0. The minimum atomic E-state index is -0.218. The molecule has 0 spiro atoms. The van der Waals surface area contributed by atoms with Gasteiger partial charge in [0.2, 0.25) is 0 Å². The van der Waals surface area contributed by atoms with Crippen LogP contribution >= 0.6 is 0 Å². The number of aliphatic hydroxyl groups is 2. The van der Waals surface area contributed by atoms with Gasteiger partial charge in [0.25, 0.3) is 0 Å². The third-order valence-electron chi connectivity index (χ3n) is 8.85. The van der Waals surface area contributed by atoms with Crippen molar-refractivity contribution in [2.24, 2.45) is 0 Å². The second-order valence-corrected chi connectivity index (χ2v) is 11.4. The summed E-state index contributed by atoms with van der Waals surface area (Å²) in [6, 6.07) is 8.18. The van der Waals surface area contributed by atoms with Crippen LogP contribution in [0.15, 0.2) is 24.3 Å². The first kappa shape index (κ1) is 25.1. The van der Waals surface area contributed by atoms with Gasteiger partial charge >= 0.3 is 0 Å². The second kappa shape index (κ2) is 9.91. The fourth-order valence-corrected chi connectivity index (χ4v) is 6.58. The molecule has 2 saturated carbocycles. The normalized spacial score (nSPS) is 19.2. The molecule has 4 nitrogen and oxygen atoms in total. The Kier molecular flexibility index (Phi) is 7.30. The van der Waals surface area contributed by atoms with Crippen molar-refractivity contribution in [1.29, 1.82) is 0 Å². The molecule has 0 aliphatic heterocycles. The van der Waals surface area contributed by atoms with Gasteiger partial charge in [-0.25, -0.2) is 0 Å². The molecular formula is C30H42O4. The van der Waals surface area contributed by atoms with Gasteiger partial charge in [-0.3, -0.25) is 0 Å². The first-order chi connectivity index (χ1) is 16.2. The molecule has 0 amide bonds. The average Bonchev–Trinajstić information content (AvgIpc) is 3.45. The highest BCUT2D eigenvalue weighted by molar-refractivity contribution is 5.56. The third-order valence-corrected chi connectivity index (χ3v) is 8.85. The SMILES string of the molecule is CC(c1cc(CCO)cc(C2(C)CCCC2)c1O)c1cc(CCO)cc(C2(C)CCCC2)c1O. The molecule has 0 saturated heterocycles. The Hall–Kier alpha value is -2.04. The van der Waals surface area contributed by atoms with Crippen LogP contribution in [0.3, 0.4) is 0 Å². The molecule has 2 aromatic rings. The van der Waals surface area contributed by atoms with Crippen LogP contribution in [-0.4, -0.2) is 33.6 Å². The van der Waals surface area contributed by atoms with Gasteiger partial charge in [-0.2, -0.15) is 0 Å². The van der Waals surface area contributed by atoms with Gasteiger partial charge in [0.05, 0.1) is 0 Å². The van der Waals surface area contributed by atoms with Crippen molar-refractivity contribution in [3.8, 4) is 11.5 Å². The molecule has 2 fully saturated rings. The molecule has 0 atom stereocenters. The molecule has 2 aliphatic carbocycles. The maximum atomic E-state index is 11.5.